The molecule has 1 aliphatic heterocycles. The molecule has 4 aromatic rings. The van der Waals surface area contributed by atoms with E-state index in [0.717, 1.165) is 36.6 Å². The quantitative estimate of drug-likeness (QED) is 0.274. The fourth-order valence-electron chi connectivity index (χ4n) is 5.36. The largest absolute Gasteiger partial charge is 0.457 e. The number of ether oxygens (including phenoxy) is 2. The van der Waals surface area contributed by atoms with Crippen molar-refractivity contribution in [3.63, 3.8) is 0 Å². The average molecular weight is 554 g/mol. The zero-order valence-corrected chi connectivity index (χ0v) is 23.2. The van der Waals surface area contributed by atoms with Gasteiger partial charge in [-0.1, -0.05) is 24.3 Å². The third kappa shape index (κ3) is 6.08. The number of para-hydroxylation sites is 1. The lowest BCUT2D eigenvalue weighted by molar-refractivity contribution is -0.125. The molecule has 1 aliphatic carbocycles. The number of fused-ring (bicyclic) bond motifs is 1. The van der Waals surface area contributed by atoms with E-state index in [9.17, 15) is 4.79 Å². The highest BCUT2D eigenvalue weighted by Crippen LogP contribution is 2.35. The number of hydrogen-bond acceptors (Lipinski definition) is 8. The van der Waals surface area contributed by atoms with E-state index >= 15 is 0 Å². The second kappa shape index (κ2) is 12.1. The predicted molar refractivity (Wildman–Crippen MR) is 158 cm³/mol. The summed E-state index contributed by atoms with van der Waals surface area (Å²) in [5.74, 6) is 1.90. The van der Waals surface area contributed by atoms with Crippen molar-refractivity contribution in [1.82, 2.24) is 29.5 Å². The van der Waals surface area contributed by atoms with E-state index in [-0.39, 0.29) is 11.9 Å². The van der Waals surface area contributed by atoms with Crippen LogP contribution in [-0.4, -0.2) is 81.4 Å². The van der Waals surface area contributed by atoms with Crippen LogP contribution in [0.25, 0.3) is 22.3 Å². The van der Waals surface area contributed by atoms with Crippen molar-refractivity contribution >= 4 is 22.8 Å². The maximum Gasteiger partial charge on any atom is 0.246 e. The third-order valence-corrected chi connectivity index (χ3v) is 7.69. The molecule has 6 rings (SSSR count). The number of nitrogens with zero attached hydrogens (tertiary/aromatic N) is 6. The van der Waals surface area contributed by atoms with Crippen LogP contribution < -0.4 is 10.5 Å². The molecule has 0 radical (unpaired) electrons. The Balaban J connectivity index is 1.17. The van der Waals surface area contributed by atoms with Crippen LogP contribution in [0, 0.1) is 0 Å². The highest BCUT2D eigenvalue weighted by atomic mass is 16.5. The van der Waals surface area contributed by atoms with Gasteiger partial charge in [0.2, 0.25) is 5.91 Å². The predicted octanol–water partition coefficient (Wildman–Crippen LogP) is 4.31. The number of carbonyl (C=O) groups is 1. The highest BCUT2D eigenvalue weighted by molar-refractivity contribution is 5.98. The molecular formula is C31H35N7O3. The normalized spacial score (nSPS) is 17.2. The van der Waals surface area contributed by atoms with Gasteiger partial charge in [0, 0.05) is 51.0 Å². The third-order valence-electron chi connectivity index (χ3n) is 7.69. The van der Waals surface area contributed by atoms with E-state index < -0.39 is 0 Å². The lowest BCUT2D eigenvalue weighted by atomic mass is 10.1. The summed E-state index contributed by atoms with van der Waals surface area (Å²) in [6.45, 7) is 3.56. The van der Waals surface area contributed by atoms with Crippen molar-refractivity contribution in [3.8, 4) is 22.8 Å². The molecule has 1 amide bonds. The Labute approximate surface area is 239 Å². The average Bonchev–Trinajstić information content (AvgIpc) is 3.58. The highest BCUT2D eigenvalue weighted by Gasteiger charge is 2.31. The summed E-state index contributed by atoms with van der Waals surface area (Å²) in [5, 5.41) is 5.68. The topological polar surface area (TPSA) is 112 Å². The number of likely N-dealkylation sites (tertiary alicyclic amines) is 1. The van der Waals surface area contributed by atoms with Crippen molar-refractivity contribution in [1.29, 1.82) is 0 Å². The molecule has 2 N–H and O–H groups in total. The van der Waals surface area contributed by atoms with E-state index in [0.29, 0.717) is 48.3 Å². The summed E-state index contributed by atoms with van der Waals surface area (Å²) in [5.41, 5.74) is 8.61. The van der Waals surface area contributed by atoms with Crippen molar-refractivity contribution in [2.45, 2.75) is 31.3 Å². The molecule has 3 heterocycles. The molecule has 10 heteroatoms. The minimum atomic E-state index is -0.0109. The minimum absolute atomic E-state index is 0.0109. The van der Waals surface area contributed by atoms with Gasteiger partial charge in [-0.05, 0) is 55.7 Å². The van der Waals surface area contributed by atoms with Crippen LogP contribution in [0.2, 0.25) is 0 Å². The van der Waals surface area contributed by atoms with Crippen LogP contribution >= 0.6 is 0 Å². The number of aromatic nitrogens is 4. The first kappa shape index (κ1) is 26.9. The molecule has 212 valence electrons. The number of amides is 1. The number of nitrogen functional groups attached to an aromatic ring is 1. The van der Waals surface area contributed by atoms with Gasteiger partial charge in [-0.15, -0.1) is 0 Å². The Bertz CT molecular complexity index is 1520. The van der Waals surface area contributed by atoms with E-state index in [4.69, 9.17) is 20.3 Å². The molecule has 0 bridgehead atoms. The van der Waals surface area contributed by atoms with Crippen LogP contribution in [0.5, 0.6) is 11.5 Å². The lowest BCUT2D eigenvalue weighted by Crippen LogP contribution is -2.31. The standard InChI is InChI=1S/C31H35N7O3/c1-40-19-18-36(23-11-12-23)16-5-8-27(39)37-17-15-24(20-37)38-31-28(30(32)33-21-34-31)29(35-38)22-9-13-26(14-10-22)41-25-6-3-2-4-7-25/h2-10,13-14,21,23-24H,11-12,15-20H2,1H3,(H2,32,33,34)/b8-5+/t24-/m1/s1. The first-order chi connectivity index (χ1) is 20.1. The number of nitrogens with two attached hydrogens (primary N) is 1. The molecule has 2 aliphatic rings. The Morgan fingerprint density at radius 2 is 1.85 bits per heavy atom. The van der Waals surface area contributed by atoms with Gasteiger partial charge in [-0.2, -0.15) is 5.10 Å². The molecule has 1 saturated heterocycles. The molecule has 2 fully saturated rings. The number of carbonyl (C=O) groups excluding carboxylic acids is 1. The van der Waals surface area contributed by atoms with Crippen molar-refractivity contribution in [3.05, 3.63) is 73.1 Å². The molecule has 41 heavy (non-hydrogen) atoms. The monoisotopic (exact) mass is 553 g/mol. The number of hydrogen-bond donors (Lipinski definition) is 1. The van der Waals surface area contributed by atoms with Crippen molar-refractivity contribution in [2.24, 2.45) is 0 Å². The molecule has 10 nitrogen and oxygen atoms in total. The summed E-state index contributed by atoms with van der Waals surface area (Å²) in [6.07, 6.45) is 8.37. The van der Waals surface area contributed by atoms with E-state index in [1.807, 2.05) is 70.3 Å². The van der Waals surface area contributed by atoms with E-state index in [2.05, 4.69) is 14.9 Å². The van der Waals surface area contributed by atoms with Crippen LogP contribution in [-0.2, 0) is 9.53 Å². The van der Waals surface area contributed by atoms with E-state index in [1.165, 1.54) is 19.2 Å². The maximum atomic E-state index is 13.0. The SMILES string of the molecule is COCCN(C/C=C/C(=O)N1CC[C@@H](n2nc(-c3ccc(Oc4ccccc4)cc3)c3c(N)ncnc32)C1)C1CC1. The zero-order chi connectivity index (χ0) is 28.2. The van der Waals surface area contributed by atoms with Gasteiger partial charge < -0.3 is 20.1 Å². The second-order valence-corrected chi connectivity index (χ2v) is 10.5. The first-order valence-electron chi connectivity index (χ1n) is 14.1. The fraction of sp³-hybridized carbons (Fsp3) is 0.355. The summed E-state index contributed by atoms with van der Waals surface area (Å²) in [6, 6.07) is 18.0. The van der Waals surface area contributed by atoms with Crippen molar-refractivity contribution < 1.29 is 14.3 Å². The minimum Gasteiger partial charge on any atom is -0.457 e. The van der Waals surface area contributed by atoms with Gasteiger partial charge in [0.05, 0.1) is 18.0 Å². The Morgan fingerprint density at radius 3 is 2.61 bits per heavy atom. The van der Waals surface area contributed by atoms with Crippen LogP contribution in [0.15, 0.2) is 73.1 Å². The summed E-state index contributed by atoms with van der Waals surface area (Å²) < 4.78 is 13.1. The van der Waals surface area contributed by atoms with Gasteiger partial charge in [-0.25, -0.2) is 14.6 Å². The number of benzene rings is 2. The number of anilines is 1. The lowest BCUT2D eigenvalue weighted by Gasteiger charge is -2.19. The Hall–Kier alpha value is -4.28. The molecule has 0 spiro atoms. The Kier molecular flexibility index (Phi) is 7.93. The summed E-state index contributed by atoms with van der Waals surface area (Å²) >= 11 is 0. The molecule has 2 aromatic heterocycles. The fourth-order valence-corrected chi connectivity index (χ4v) is 5.36. The number of methoxy groups -OCH3 is 1. The molecule has 2 aromatic carbocycles. The Morgan fingerprint density at radius 1 is 1.07 bits per heavy atom. The van der Waals surface area contributed by atoms with Gasteiger partial charge in [0.25, 0.3) is 0 Å². The van der Waals surface area contributed by atoms with E-state index in [1.54, 1.807) is 13.2 Å². The van der Waals surface area contributed by atoms with Gasteiger partial charge in [-0.3, -0.25) is 9.69 Å². The van der Waals surface area contributed by atoms with Crippen LogP contribution in [0.4, 0.5) is 5.82 Å². The van der Waals surface area contributed by atoms with Gasteiger partial charge >= 0.3 is 0 Å². The van der Waals surface area contributed by atoms with Gasteiger partial charge in [0.1, 0.15) is 29.3 Å². The van der Waals surface area contributed by atoms with Gasteiger partial charge in [0.15, 0.2) is 5.65 Å². The molecular weight excluding hydrogens is 518 g/mol. The van der Waals surface area contributed by atoms with Crippen LogP contribution in [0.1, 0.15) is 25.3 Å². The number of rotatable bonds is 11. The second-order valence-electron chi connectivity index (χ2n) is 10.5. The zero-order valence-electron chi connectivity index (χ0n) is 23.2. The molecule has 1 saturated carbocycles. The van der Waals surface area contributed by atoms with Crippen LogP contribution in [0.3, 0.4) is 0 Å². The first-order valence-corrected chi connectivity index (χ1v) is 14.1. The molecule has 0 unspecified atom stereocenters. The maximum absolute atomic E-state index is 13.0. The summed E-state index contributed by atoms with van der Waals surface area (Å²) in [7, 11) is 1.72. The van der Waals surface area contributed by atoms with Crippen molar-refractivity contribution in [2.75, 3.05) is 45.6 Å². The smallest absolute Gasteiger partial charge is 0.246 e. The molecule has 1 atom stereocenters. The summed E-state index contributed by atoms with van der Waals surface area (Å²) in [4.78, 5) is 26.1.